The molecule has 1 aliphatic heterocycles. The fourth-order valence-electron chi connectivity index (χ4n) is 2.95. The molecule has 0 radical (unpaired) electrons. The summed E-state index contributed by atoms with van der Waals surface area (Å²) in [7, 11) is 0. The lowest BCUT2D eigenvalue weighted by Gasteiger charge is -2.15. The Bertz CT molecular complexity index is 889. The zero-order valence-electron chi connectivity index (χ0n) is 12.5. The Morgan fingerprint density at radius 2 is 2.09 bits per heavy atom. The van der Waals surface area contributed by atoms with Gasteiger partial charge in [-0.2, -0.15) is 0 Å². The number of imidazole rings is 1. The largest absolute Gasteiger partial charge is 0.379 e. The van der Waals surface area contributed by atoms with Crippen molar-refractivity contribution < 1.29 is 4.74 Å². The third kappa shape index (κ3) is 2.55. The SMILES string of the molecule is Cc1nc(Cl)c2nc(-c3ccccc3Br)n([C@@H]3CCOC3)c2n1. The van der Waals surface area contributed by atoms with Crippen LogP contribution in [0.5, 0.6) is 0 Å². The molecule has 0 aliphatic carbocycles. The van der Waals surface area contributed by atoms with Crippen LogP contribution in [0.2, 0.25) is 5.15 Å². The zero-order chi connectivity index (χ0) is 16.0. The Morgan fingerprint density at radius 3 is 2.83 bits per heavy atom. The van der Waals surface area contributed by atoms with Gasteiger partial charge in [0.05, 0.1) is 12.6 Å². The minimum absolute atomic E-state index is 0.201. The summed E-state index contributed by atoms with van der Waals surface area (Å²) in [5.41, 5.74) is 2.41. The van der Waals surface area contributed by atoms with Crippen molar-refractivity contribution in [2.75, 3.05) is 13.2 Å². The summed E-state index contributed by atoms with van der Waals surface area (Å²) in [4.78, 5) is 13.6. The Hall–Kier alpha value is -1.50. The summed E-state index contributed by atoms with van der Waals surface area (Å²) < 4.78 is 8.70. The van der Waals surface area contributed by atoms with Crippen LogP contribution in [0, 0.1) is 6.92 Å². The van der Waals surface area contributed by atoms with E-state index in [1.165, 1.54) is 0 Å². The molecule has 118 valence electrons. The molecule has 1 atom stereocenters. The quantitative estimate of drug-likeness (QED) is 0.613. The smallest absolute Gasteiger partial charge is 0.165 e. The lowest BCUT2D eigenvalue weighted by Crippen LogP contribution is -2.11. The van der Waals surface area contributed by atoms with E-state index in [0.29, 0.717) is 23.1 Å². The molecule has 3 aromatic rings. The Balaban J connectivity index is 2.05. The van der Waals surface area contributed by atoms with Gasteiger partial charge >= 0.3 is 0 Å². The van der Waals surface area contributed by atoms with E-state index in [0.717, 1.165) is 34.5 Å². The van der Waals surface area contributed by atoms with Crippen molar-refractivity contribution in [3.63, 3.8) is 0 Å². The Morgan fingerprint density at radius 1 is 1.26 bits per heavy atom. The van der Waals surface area contributed by atoms with Gasteiger partial charge in [-0.1, -0.05) is 45.7 Å². The number of aromatic nitrogens is 4. The van der Waals surface area contributed by atoms with E-state index in [9.17, 15) is 0 Å². The average Bonchev–Trinajstić information content (AvgIpc) is 3.14. The molecule has 4 rings (SSSR count). The molecule has 23 heavy (non-hydrogen) atoms. The van der Waals surface area contributed by atoms with Crippen molar-refractivity contribution in [1.82, 2.24) is 19.5 Å². The van der Waals surface area contributed by atoms with Crippen LogP contribution in [-0.4, -0.2) is 32.7 Å². The topological polar surface area (TPSA) is 52.8 Å². The number of hydrogen-bond donors (Lipinski definition) is 0. The molecule has 1 aliphatic rings. The van der Waals surface area contributed by atoms with Gasteiger partial charge in [0, 0.05) is 16.6 Å². The van der Waals surface area contributed by atoms with Crippen LogP contribution >= 0.6 is 27.5 Å². The molecule has 7 heteroatoms. The number of nitrogens with zero attached hydrogens (tertiary/aromatic N) is 4. The predicted molar refractivity (Wildman–Crippen MR) is 92.7 cm³/mol. The fraction of sp³-hybridized carbons (Fsp3) is 0.312. The van der Waals surface area contributed by atoms with Crippen LogP contribution in [0.1, 0.15) is 18.3 Å². The molecule has 5 nitrogen and oxygen atoms in total. The highest BCUT2D eigenvalue weighted by Gasteiger charge is 2.26. The summed E-state index contributed by atoms with van der Waals surface area (Å²) in [5, 5.41) is 0.387. The van der Waals surface area contributed by atoms with Crippen molar-refractivity contribution in [2.24, 2.45) is 0 Å². The van der Waals surface area contributed by atoms with Crippen molar-refractivity contribution in [3.8, 4) is 11.4 Å². The van der Waals surface area contributed by atoms with E-state index in [-0.39, 0.29) is 6.04 Å². The number of halogens is 2. The van der Waals surface area contributed by atoms with Crippen molar-refractivity contribution in [1.29, 1.82) is 0 Å². The van der Waals surface area contributed by atoms with Crippen molar-refractivity contribution in [2.45, 2.75) is 19.4 Å². The van der Waals surface area contributed by atoms with Gasteiger partial charge in [-0.25, -0.2) is 15.0 Å². The molecule has 0 amide bonds. The lowest BCUT2D eigenvalue weighted by molar-refractivity contribution is 0.187. The van der Waals surface area contributed by atoms with Crippen molar-refractivity contribution in [3.05, 3.63) is 39.7 Å². The first-order valence-corrected chi connectivity index (χ1v) is 8.57. The Kier molecular flexibility index (Phi) is 3.83. The molecule has 1 fully saturated rings. The second-order valence-corrected chi connectivity index (χ2v) is 6.75. The normalized spacial score (nSPS) is 18.0. The summed E-state index contributed by atoms with van der Waals surface area (Å²) in [6.45, 7) is 3.24. The first-order chi connectivity index (χ1) is 11.1. The van der Waals surface area contributed by atoms with Crippen LogP contribution in [0.3, 0.4) is 0 Å². The average molecular weight is 394 g/mol. The molecule has 0 saturated carbocycles. The van der Waals surface area contributed by atoms with Crippen LogP contribution in [0.25, 0.3) is 22.6 Å². The molecule has 1 saturated heterocycles. The number of benzene rings is 1. The molecular formula is C16H14BrClN4O. The summed E-state index contributed by atoms with van der Waals surface area (Å²) >= 11 is 9.92. The first kappa shape index (κ1) is 15.1. The minimum atomic E-state index is 0.201. The molecular weight excluding hydrogens is 380 g/mol. The standard InChI is InChI=1S/C16H14BrClN4O/c1-9-19-14(18)13-16(20-9)22(10-6-7-23-8-10)15(21-13)11-4-2-3-5-12(11)17/h2-5,10H,6-8H2,1H3/t10-/m1/s1. The van der Waals surface area contributed by atoms with Gasteiger partial charge in [0.25, 0.3) is 0 Å². The third-order valence-electron chi connectivity index (χ3n) is 3.99. The van der Waals surface area contributed by atoms with Gasteiger partial charge < -0.3 is 9.30 Å². The summed E-state index contributed by atoms with van der Waals surface area (Å²) in [6, 6.07) is 8.21. The van der Waals surface area contributed by atoms with E-state index in [2.05, 4.69) is 30.5 Å². The van der Waals surface area contributed by atoms with Crippen LogP contribution in [0.4, 0.5) is 0 Å². The minimum Gasteiger partial charge on any atom is -0.379 e. The van der Waals surface area contributed by atoms with E-state index in [1.54, 1.807) is 0 Å². The zero-order valence-corrected chi connectivity index (χ0v) is 14.8. The summed E-state index contributed by atoms with van der Waals surface area (Å²) in [5.74, 6) is 1.48. The second kappa shape index (κ2) is 5.85. The highest BCUT2D eigenvalue weighted by molar-refractivity contribution is 9.10. The van der Waals surface area contributed by atoms with E-state index in [1.807, 2.05) is 31.2 Å². The number of aryl methyl sites for hydroxylation is 1. The van der Waals surface area contributed by atoms with Gasteiger partial charge in [-0.3, -0.25) is 0 Å². The van der Waals surface area contributed by atoms with E-state index < -0.39 is 0 Å². The maximum atomic E-state index is 6.31. The maximum absolute atomic E-state index is 6.31. The Labute approximate surface area is 146 Å². The third-order valence-corrected chi connectivity index (χ3v) is 4.95. The monoisotopic (exact) mass is 392 g/mol. The van der Waals surface area contributed by atoms with Crippen LogP contribution in [0.15, 0.2) is 28.7 Å². The molecule has 0 N–H and O–H groups in total. The van der Waals surface area contributed by atoms with Gasteiger partial charge in [0.15, 0.2) is 10.8 Å². The highest BCUT2D eigenvalue weighted by atomic mass is 79.9. The fourth-order valence-corrected chi connectivity index (χ4v) is 3.66. The van der Waals surface area contributed by atoms with E-state index in [4.69, 9.17) is 21.3 Å². The first-order valence-electron chi connectivity index (χ1n) is 7.40. The predicted octanol–water partition coefficient (Wildman–Crippen LogP) is 4.18. The van der Waals surface area contributed by atoms with Crippen molar-refractivity contribution >= 4 is 38.7 Å². The maximum Gasteiger partial charge on any atom is 0.165 e. The molecule has 3 heterocycles. The lowest BCUT2D eigenvalue weighted by atomic mass is 10.2. The summed E-state index contributed by atoms with van der Waals surface area (Å²) in [6.07, 6.45) is 0.934. The van der Waals surface area contributed by atoms with Gasteiger partial charge in [-0.15, -0.1) is 0 Å². The molecule has 1 aromatic carbocycles. The number of rotatable bonds is 2. The van der Waals surface area contributed by atoms with Gasteiger partial charge in [0.2, 0.25) is 0 Å². The molecule has 0 unspecified atom stereocenters. The van der Waals surface area contributed by atoms with Gasteiger partial charge in [-0.05, 0) is 19.4 Å². The molecule has 0 bridgehead atoms. The van der Waals surface area contributed by atoms with Crippen LogP contribution in [-0.2, 0) is 4.74 Å². The molecule has 0 spiro atoms. The number of fused-ring (bicyclic) bond motifs is 1. The van der Waals surface area contributed by atoms with Crippen LogP contribution < -0.4 is 0 Å². The highest BCUT2D eigenvalue weighted by Crippen LogP contribution is 2.35. The number of ether oxygens (including phenoxy) is 1. The molecule has 2 aromatic heterocycles. The van der Waals surface area contributed by atoms with E-state index >= 15 is 0 Å². The second-order valence-electron chi connectivity index (χ2n) is 5.54. The van der Waals surface area contributed by atoms with Gasteiger partial charge in [0.1, 0.15) is 17.2 Å². The number of hydrogen-bond acceptors (Lipinski definition) is 4.